The maximum atomic E-state index is 13.7. The molecule has 0 aliphatic heterocycles. The Kier molecular flexibility index (Phi) is 4.86. The second-order valence-corrected chi connectivity index (χ2v) is 4.27. The highest BCUT2D eigenvalue weighted by atomic mass is 19.1. The van der Waals surface area contributed by atoms with Crippen LogP contribution in [0.4, 0.5) is 4.39 Å². The highest BCUT2D eigenvalue weighted by molar-refractivity contribution is 5.97. The van der Waals surface area contributed by atoms with E-state index in [1.54, 1.807) is 21.0 Å². The number of carbonyl (C=O) groups excluding carboxylic acids is 2. The molecule has 1 rings (SSSR count). The third kappa shape index (κ3) is 3.67. The zero-order chi connectivity index (χ0) is 14.6. The van der Waals surface area contributed by atoms with Crippen molar-refractivity contribution in [2.75, 3.05) is 21.2 Å². The third-order valence-electron chi connectivity index (χ3n) is 2.58. The first kappa shape index (κ1) is 14.9. The largest absolute Gasteiger partial charge is 0.497 e. The van der Waals surface area contributed by atoms with Gasteiger partial charge in [0.1, 0.15) is 17.6 Å². The van der Waals surface area contributed by atoms with E-state index in [-0.39, 0.29) is 11.5 Å². The molecule has 6 heteroatoms. The van der Waals surface area contributed by atoms with Gasteiger partial charge in [-0.25, -0.2) is 4.39 Å². The fourth-order valence-electron chi connectivity index (χ4n) is 1.53. The number of carbonyl (C=O) groups is 2. The predicted molar refractivity (Wildman–Crippen MR) is 68.6 cm³/mol. The molecular weight excluding hydrogens is 251 g/mol. The van der Waals surface area contributed by atoms with Crippen molar-refractivity contribution in [3.63, 3.8) is 0 Å². The van der Waals surface area contributed by atoms with Gasteiger partial charge in [0.15, 0.2) is 0 Å². The number of rotatable bonds is 4. The average molecular weight is 268 g/mol. The van der Waals surface area contributed by atoms with Crippen LogP contribution in [-0.4, -0.2) is 44.0 Å². The first-order valence-corrected chi connectivity index (χ1v) is 5.72. The molecule has 2 amide bonds. The second kappa shape index (κ2) is 6.17. The Morgan fingerprint density at radius 3 is 2.47 bits per heavy atom. The van der Waals surface area contributed by atoms with Gasteiger partial charge in [0.2, 0.25) is 5.91 Å². The minimum absolute atomic E-state index is 0.126. The van der Waals surface area contributed by atoms with Crippen LogP contribution in [0.15, 0.2) is 18.2 Å². The summed E-state index contributed by atoms with van der Waals surface area (Å²) in [5, 5.41) is 2.44. The molecule has 5 nitrogen and oxygen atoms in total. The quantitative estimate of drug-likeness (QED) is 0.887. The van der Waals surface area contributed by atoms with Crippen LogP contribution in [0.2, 0.25) is 0 Å². The minimum atomic E-state index is -0.719. The summed E-state index contributed by atoms with van der Waals surface area (Å²) in [5.74, 6) is -1.27. The van der Waals surface area contributed by atoms with Gasteiger partial charge < -0.3 is 15.0 Å². The van der Waals surface area contributed by atoms with Crippen molar-refractivity contribution < 1.29 is 18.7 Å². The molecule has 0 aliphatic carbocycles. The summed E-state index contributed by atoms with van der Waals surface area (Å²) in [5.41, 5.74) is -0.126. The molecule has 0 aliphatic rings. The smallest absolute Gasteiger partial charge is 0.254 e. The van der Waals surface area contributed by atoms with Crippen LogP contribution in [0.1, 0.15) is 17.3 Å². The molecule has 0 bridgehead atoms. The van der Waals surface area contributed by atoms with Crippen LogP contribution in [0.3, 0.4) is 0 Å². The van der Waals surface area contributed by atoms with Gasteiger partial charge in [-0.3, -0.25) is 9.59 Å². The van der Waals surface area contributed by atoms with Crippen molar-refractivity contribution in [2.24, 2.45) is 0 Å². The second-order valence-electron chi connectivity index (χ2n) is 4.27. The maximum absolute atomic E-state index is 13.7. The first-order valence-electron chi connectivity index (χ1n) is 5.72. The van der Waals surface area contributed by atoms with Crippen LogP contribution in [0.5, 0.6) is 5.75 Å². The number of hydrogen-bond donors (Lipinski definition) is 1. The van der Waals surface area contributed by atoms with Gasteiger partial charge in [0.25, 0.3) is 5.91 Å². The molecule has 0 radical (unpaired) electrons. The Morgan fingerprint density at radius 2 is 2.00 bits per heavy atom. The number of nitrogens with one attached hydrogen (secondary N) is 1. The first-order chi connectivity index (χ1) is 8.86. The summed E-state index contributed by atoms with van der Waals surface area (Å²) < 4.78 is 18.5. The molecule has 0 fully saturated rings. The molecule has 0 heterocycles. The van der Waals surface area contributed by atoms with E-state index in [2.05, 4.69) is 5.32 Å². The molecular formula is C13H17FN2O3. The number of nitrogens with zero attached hydrogens (tertiary/aromatic N) is 1. The van der Waals surface area contributed by atoms with E-state index in [4.69, 9.17) is 4.74 Å². The maximum Gasteiger partial charge on any atom is 0.254 e. The number of likely N-dealkylation sites (N-methyl/N-ethyl adjacent to an activating group) is 1. The Hall–Kier alpha value is -2.11. The number of methoxy groups -OCH3 is 1. The van der Waals surface area contributed by atoms with Crippen molar-refractivity contribution in [1.82, 2.24) is 10.2 Å². The van der Waals surface area contributed by atoms with Gasteiger partial charge in [0, 0.05) is 20.2 Å². The fourth-order valence-corrected chi connectivity index (χ4v) is 1.53. The number of benzene rings is 1. The van der Waals surface area contributed by atoms with E-state index < -0.39 is 17.8 Å². The van der Waals surface area contributed by atoms with E-state index in [9.17, 15) is 14.0 Å². The van der Waals surface area contributed by atoms with E-state index in [1.807, 2.05) is 0 Å². The molecule has 1 N–H and O–H groups in total. The zero-order valence-electron chi connectivity index (χ0n) is 11.4. The highest BCUT2D eigenvalue weighted by Gasteiger charge is 2.20. The van der Waals surface area contributed by atoms with Gasteiger partial charge in [0.05, 0.1) is 12.7 Å². The molecule has 19 heavy (non-hydrogen) atoms. The predicted octanol–water partition coefficient (Wildman–Crippen LogP) is 1.04. The molecule has 0 aromatic heterocycles. The average Bonchev–Trinajstić information content (AvgIpc) is 2.36. The molecule has 1 atom stereocenters. The van der Waals surface area contributed by atoms with Crippen LogP contribution in [0.25, 0.3) is 0 Å². The lowest BCUT2D eigenvalue weighted by atomic mass is 10.1. The van der Waals surface area contributed by atoms with Crippen LogP contribution < -0.4 is 10.1 Å². The molecule has 1 aromatic carbocycles. The lowest BCUT2D eigenvalue weighted by molar-refractivity contribution is -0.130. The van der Waals surface area contributed by atoms with Gasteiger partial charge in [-0.1, -0.05) is 0 Å². The molecule has 0 spiro atoms. The zero-order valence-corrected chi connectivity index (χ0v) is 11.4. The lowest BCUT2D eigenvalue weighted by Gasteiger charge is -2.18. The standard InChI is InChI=1S/C13H17FN2O3/c1-8(13(18)16(2)3)15-12(17)10-6-5-9(19-4)7-11(10)14/h5-8H,1-4H3,(H,15,17). The molecule has 0 saturated heterocycles. The number of amides is 2. The molecule has 1 unspecified atom stereocenters. The van der Waals surface area contributed by atoms with Crippen LogP contribution >= 0.6 is 0 Å². The number of halogens is 1. The van der Waals surface area contributed by atoms with E-state index in [0.29, 0.717) is 5.75 Å². The third-order valence-corrected chi connectivity index (χ3v) is 2.58. The fraction of sp³-hybridized carbons (Fsp3) is 0.385. The van der Waals surface area contributed by atoms with Crippen molar-refractivity contribution in [2.45, 2.75) is 13.0 Å². The minimum Gasteiger partial charge on any atom is -0.497 e. The van der Waals surface area contributed by atoms with Gasteiger partial charge in [-0.2, -0.15) is 0 Å². The van der Waals surface area contributed by atoms with Crippen molar-refractivity contribution in [1.29, 1.82) is 0 Å². The topological polar surface area (TPSA) is 58.6 Å². The van der Waals surface area contributed by atoms with Crippen molar-refractivity contribution in [3.8, 4) is 5.75 Å². The van der Waals surface area contributed by atoms with Crippen molar-refractivity contribution in [3.05, 3.63) is 29.6 Å². The van der Waals surface area contributed by atoms with E-state index in [1.165, 1.54) is 24.1 Å². The summed E-state index contributed by atoms with van der Waals surface area (Å²) in [6.07, 6.45) is 0. The van der Waals surface area contributed by atoms with Gasteiger partial charge >= 0.3 is 0 Å². The summed E-state index contributed by atoms with van der Waals surface area (Å²) >= 11 is 0. The lowest BCUT2D eigenvalue weighted by Crippen LogP contribution is -2.44. The summed E-state index contributed by atoms with van der Waals surface area (Å²) in [6.45, 7) is 1.54. The summed E-state index contributed by atoms with van der Waals surface area (Å²) in [7, 11) is 4.57. The van der Waals surface area contributed by atoms with E-state index >= 15 is 0 Å². The highest BCUT2D eigenvalue weighted by Crippen LogP contribution is 2.16. The van der Waals surface area contributed by atoms with Crippen LogP contribution in [-0.2, 0) is 4.79 Å². The Balaban J connectivity index is 2.81. The monoisotopic (exact) mass is 268 g/mol. The van der Waals surface area contributed by atoms with Gasteiger partial charge in [-0.15, -0.1) is 0 Å². The Morgan fingerprint density at radius 1 is 1.37 bits per heavy atom. The summed E-state index contributed by atoms with van der Waals surface area (Å²) in [6, 6.07) is 3.20. The van der Waals surface area contributed by atoms with Crippen LogP contribution in [0, 0.1) is 5.82 Å². The normalized spacial score (nSPS) is 11.6. The Labute approximate surface area is 111 Å². The number of hydrogen-bond acceptors (Lipinski definition) is 3. The summed E-state index contributed by atoms with van der Waals surface area (Å²) in [4.78, 5) is 24.8. The molecule has 104 valence electrons. The Bertz CT molecular complexity index is 489. The molecule has 0 saturated carbocycles. The SMILES string of the molecule is COc1ccc(C(=O)NC(C)C(=O)N(C)C)c(F)c1. The molecule has 1 aromatic rings. The van der Waals surface area contributed by atoms with Gasteiger partial charge in [-0.05, 0) is 19.1 Å². The number of ether oxygens (including phenoxy) is 1. The van der Waals surface area contributed by atoms with E-state index in [0.717, 1.165) is 6.07 Å². The van der Waals surface area contributed by atoms with Crippen molar-refractivity contribution >= 4 is 11.8 Å².